The van der Waals surface area contributed by atoms with Gasteiger partial charge in [0.05, 0.1) is 12.3 Å². The fourth-order valence-corrected chi connectivity index (χ4v) is 2.27. The lowest BCUT2D eigenvalue weighted by Crippen LogP contribution is -2.29. The zero-order valence-corrected chi connectivity index (χ0v) is 14.1. The standard InChI is InChI=1S/C18H20FN3O3/c1-12(23)21-15-7-8-16(19)17(9-15)22-18(24)20-10-13-5-3-4-6-14(13)11-25-2/h3-9H,10-11H2,1-2H3,(H,21,23)(H2,20,22,24). The number of carbonyl (C=O) groups excluding carboxylic acids is 2. The lowest BCUT2D eigenvalue weighted by Gasteiger charge is -2.12. The Balaban J connectivity index is 2.00. The summed E-state index contributed by atoms with van der Waals surface area (Å²) >= 11 is 0. The minimum atomic E-state index is -0.593. The van der Waals surface area contributed by atoms with E-state index in [2.05, 4.69) is 16.0 Å². The van der Waals surface area contributed by atoms with E-state index < -0.39 is 11.8 Å². The third kappa shape index (κ3) is 5.58. The molecule has 0 saturated heterocycles. The van der Waals surface area contributed by atoms with Crippen molar-refractivity contribution in [3.8, 4) is 0 Å². The van der Waals surface area contributed by atoms with Gasteiger partial charge >= 0.3 is 6.03 Å². The van der Waals surface area contributed by atoms with Crippen LogP contribution in [0.4, 0.5) is 20.6 Å². The van der Waals surface area contributed by atoms with Gasteiger partial charge in [-0.3, -0.25) is 4.79 Å². The Morgan fingerprint density at radius 2 is 1.80 bits per heavy atom. The van der Waals surface area contributed by atoms with Crippen molar-refractivity contribution >= 4 is 23.3 Å². The first-order valence-electron chi connectivity index (χ1n) is 7.67. The number of methoxy groups -OCH3 is 1. The van der Waals surface area contributed by atoms with Crippen molar-refractivity contribution in [2.45, 2.75) is 20.1 Å². The number of carbonyl (C=O) groups is 2. The first-order valence-corrected chi connectivity index (χ1v) is 7.67. The second-order valence-corrected chi connectivity index (χ2v) is 5.39. The Morgan fingerprint density at radius 1 is 1.08 bits per heavy atom. The molecule has 0 unspecified atom stereocenters. The number of benzene rings is 2. The van der Waals surface area contributed by atoms with Gasteiger partial charge in [-0.25, -0.2) is 9.18 Å². The number of nitrogens with one attached hydrogen (secondary N) is 3. The number of ether oxygens (including phenoxy) is 1. The molecule has 132 valence electrons. The molecule has 7 heteroatoms. The summed E-state index contributed by atoms with van der Waals surface area (Å²) in [5.41, 5.74) is 2.25. The third-order valence-corrected chi connectivity index (χ3v) is 3.39. The quantitative estimate of drug-likeness (QED) is 0.752. The van der Waals surface area contributed by atoms with Gasteiger partial charge in [0.1, 0.15) is 5.82 Å². The average molecular weight is 345 g/mol. The van der Waals surface area contributed by atoms with Crippen LogP contribution in [-0.2, 0) is 22.7 Å². The number of anilines is 2. The Morgan fingerprint density at radius 3 is 2.48 bits per heavy atom. The van der Waals surface area contributed by atoms with Crippen molar-refractivity contribution in [2.24, 2.45) is 0 Å². The van der Waals surface area contributed by atoms with Gasteiger partial charge in [-0.05, 0) is 29.3 Å². The normalized spacial score (nSPS) is 10.2. The van der Waals surface area contributed by atoms with Gasteiger partial charge < -0.3 is 20.7 Å². The SMILES string of the molecule is COCc1ccccc1CNC(=O)Nc1cc(NC(C)=O)ccc1F. The van der Waals surface area contributed by atoms with Crippen LogP contribution >= 0.6 is 0 Å². The highest BCUT2D eigenvalue weighted by molar-refractivity contribution is 5.92. The van der Waals surface area contributed by atoms with Gasteiger partial charge in [-0.2, -0.15) is 0 Å². The molecular weight excluding hydrogens is 325 g/mol. The summed E-state index contributed by atoms with van der Waals surface area (Å²) in [5, 5.41) is 7.65. The van der Waals surface area contributed by atoms with E-state index in [0.717, 1.165) is 11.1 Å². The first-order chi connectivity index (χ1) is 12.0. The van der Waals surface area contributed by atoms with E-state index in [-0.39, 0.29) is 18.1 Å². The molecule has 0 atom stereocenters. The zero-order chi connectivity index (χ0) is 18.2. The number of halogens is 1. The van der Waals surface area contributed by atoms with Crippen LogP contribution < -0.4 is 16.0 Å². The maximum atomic E-state index is 13.8. The van der Waals surface area contributed by atoms with E-state index in [4.69, 9.17) is 4.74 Å². The molecule has 0 bridgehead atoms. The number of hydrogen-bond donors (Lipinski definition) is 3. The van der Waals surface area contributed by atoms with E-state index in [0.29, 0.717) is 12.3 Å². The molecule has 0 aromatic heterocycles. The summed E-state index contributed by atoms with van der Waals surface area (Å²) < 4.78 is 18.9. The lowest BCUT2D eigenvalue weighted by molar-refractivity contribution is -0.114. The number of rotatable bonds is 6. The second kappa shape index (κ2) is 8.79. The second-order valence-electron chi connectivity index (χ2n) is 5.39. The molecular formula is C18H20FN3O3. The smallest absolute Gasteiger partial charge is 0.319 e. The largest absolute Gasteiger partial charge is 0.380 e. The molecule has 2 aromatic carbocycles. The highest BCUT2D eigenvalue weighted by Gasteiger charge is 2.09. The fraction of sp³-hybridized carbons (Fsp3) is 0.222. The van der Waals surface area contributed by atoms with Crippen LogP contribution in [-0.4, -0.2) is 19.0 Å². The van der Waals surface area contributed by atoms with Gasteiger partial charge in [0.15, 0.2) is 0 Å². The molecule has 0 aliphatic heterocycles. The summed E-state index contributed by atoms with van der Waals surface area (Å²) in [6.45, 7) is 2.06. The minimum absolute atomic E-state index is 0.0195. The molecule has 3 amide bonds. The molecule has 0 fully saturated rings. The van der Waals surface area contributed by atoms with Crippen LogP contribution in [0.3, 0.4) is 0 Å². The Labute approximate surface area is 145 Å². The van der Waals surface area contributed by atoms with Gasteiger partial charge in [-0.1, -0.05) is 24.3 Å². The van der Waals surface area contributed by atoms with Crippen LogP contribution in [0.25, 0.3) is 0 Å². The van der Waals surface area contributed by atoms with Crippen molar-refractivity contribution in [1.29, 1.82) is 0 Å². The van der Waals surface area contributed by atoms with Crippen molar-refractivity contribution in [3.63, 3.8) is 0 Å². The highest BCUT2D eigenvalue weighted by atomic mass is 19.1. The Bertz CT molecular complexity index is 765. The van der Waals surface area contributed by atoms with Crippen molar-refractivity contribution in [3.05, 3.63) is 59.4 Å². The predicted molar refractivity (Wildman–Crippen MR) is 93.7 cm³/mol. The number of hydrogen-bond acceptors (Lipinski definition) is 3. The van der Waals surface area contributed by atoms with Gasteiger partial charge in [-0.15, -0.1) is 0 Å². The maximum absolute atomic E-state index is 13.8. The fourth-order valence-electron chi connectivity index (χ4n) is 2.27. The summed E-state index contributed by atoms with van der Waals surface area (Å²) in [5.74, 6) is -0.874. The van der Waals surface area contributed by atoms with Crippen LogP contribution in [0.2, 0.25) is 0 Å². The molecule has 0 aliphatic carbocycles. The van der Waals surface area contributed by atoms with E-state index >= 15 is 0 Å². The van der Waals surface area contributed by atoms with E-state index in [1.165, 1.54) is 25.1 Å². The molecule has 6 nitrogen and oxygen atoms in total. The van der Waals surface area contributed by atoms with Gasteiger partial charge in [0.25, 0.3) is 0 Å². The van der Waals surface area contributed by atoms with Crippen molar-refractivity contribution in [2.75, 3.05) is 17.7 Å². The van der Waals surface area contributed by atoms with Gasteiger partial charge in [0.2, 0.25) is 5.91 Å². The molecule has 0 aliphatic rings. The van der Waals surface area contributed by atoms with Crippen LogP contribution in [0.5, 0.6) is 0 Å². The predicted octanol–water partition coefficient (Wildman–Crippen LogP) is 3.25. The summed E-state index contributed by atoms with van der Waals surface area (Å²) in [6, 6.07) is 10.9. The molecule has 0 radical (unpaired) electrons. The summed E-state index contributed by atoms with van der Waals surface area (Å²) in [6.07, 6.45) is 0. The third-order valence-electron chi connectivity index (χ3n) is 3.39. The molecule has 2 aromatic rings. The van der Waals surface area contributed by atoms with E-state index in [1.807, 2.05) is 24.3 Å². The molecule has 25 heavy (non-hydrogen) atoms. The van der Waals surface area contributed by atoms with Crippen LogP contribution in [0.1, 0.15) is 18.1 Å². The highest BCUT2D eigenvalue weighted by Crippen LogP contribution is 2.19. The topological polar surface area (TPSA) is 79.5 Å². The number of urea groups is 1. The first kappa shape index (κ1) is 18.4. The summed E-state index contributed by atoms with van der Waals surface area (Å²) in [7, 11) is 1.60. The number of amides is 3. The lowest BCUT2D eigenvalue weighted by atomic mass is 10.1. The Hall–Kier alpha value is -2.93. The zero-order valence-electron chi connectivity index (χ0n) is 14.1. The van der Waals surface area contributed by atoms with E-state index in [9.17, 15) is 14.0 Å². The molecule has 0 heterocycles. The van der Waals surface area contributed by atoms with Gasteiger partial charge in [0, 0.05) is 26.3 Å². The molecule has 2 rings (SSSR count). The average Bonchev–Trinajstić information content (AvgIpc) is 2.57. The maximum Gasteiger partial charge on any atom is 0.319 e. The van der Waals surface area contributed by atoms with Crippen molar-refractivity contribution in [1.82, 2.24) is 5.32 Å². The monoisotopic (exact) mass is 345 g/mol. The van der Waals surface area contributed by atoms with Crippen LogP contribution in [0.15, 0.2) is 42.5 Å². The van der Waals surface area contributed by atoms with Crippen LogP contribution in [0, 0.1) is 5.82 Å². The summed E-state index contributed by atoms with van der Waals surface area (Å²) in [4.78, 5) is 23.1. The minimum Gasteiger partial charge on any atom is -0.380 e. The Kier molecular flexibility index (Phi) is 6.47. The molecule has 0 saturated carbocycles. The molecule has 3 N–H and O–H groups in total. The van der Waals surface area contributed by atoms with Crippen molar-refractivity contribution < 1.29 is 18.7 Å². The molecule has 0 spiro atoms. The van der Waals surface area contributed by atoms with E-state index in [1.54, 1.807) is 7.11 Å².